The van der Waals surface area contributed by atoms with Crippen LogP contribution in [0.1, 0.15) is 82.6 Å². The van der Waals surface area contributed by atoms with Crippen LogP contribution >= 0.6 is 0 Å². The average Bonchev–Trinajstić information content (AvgIpc) is 2.71. The molecule has 0 unspecified atom stereocenters. The maximum absolute atomic E-state index is 6.19. The summed E-state index contributed by atoms with van der Waals surface area (Å²) in [6.45, 7) is 12.1. The fourth-order valence-electron chi connectivity index (χ4n) is 3.26. The van der Waals surface area contributed by atoms with Crippen molar-refractivity contribution >= 4 is 0 Å². The summed E-state index contributed by atoms with van der Waals surface area (Å²) >= 11 is 0. The molecule has 0 saturated heterocycles. The van der Waals surface area contributed by atoms with Gasteiger partial charge in [0.2, 0.25) is 0 Å². The number of unbranched alkanes of at least 4 members (excludes halogenated alkanes) is 2. The van der Waals surface area contributed by atoms with E-state index in [9.17, 15) is 0 Å². The quantitative estimate of drug-likeness (QED) is 0.346. The maximum atomic E-state index is 6.19. The zero-order chi connectivity index (χ0) is 21.1. The number of hydrogen-bond acceptors (Lipinski definition) is 2. The molecular formula is C27H40O2. The highest BCUT2D eigenvalue weighted by Crippen LogP contribution is 2.26. The molecule has 0 fully saturated rings. The van der Waals surface area contributed by atoms with Gasteiger partial charge in [0.1, 0.15) is 0 Å². The van der Waals surface area contributed by atoms with Gasteiger partial charge in [0.15, 0.2) is 6.29 Å². The van der Waals surface area contributed by atoms with E-state index in [1.807, 2.05) is 0 Å². The molecule has 29 heavy (non-hydrogen) atoms. The molecule has 0 spiro atoms. The van der Waals surface area contributed by atoms with E-state index in [0.717, 1.165) is 12.8 Å². The molecule has 2 nitrogen and oxygen atoms in total. The molecule has 160 valence electrons. The smallest absolute Gasteiger partial charge is 0.163 e. The highest BCUT2D eigenvalue weighted by Gasteiger charge is 2.26. The van der Waals surface area contributed by atoms with Gasteiger partial charge >= 0.3 is 0 Å². The molecule has 0 N–H and O–H groups in total. The molecule has 2 heteroatoms. The predicted molar refractivity (Wildman–Crippen MR) is 123 cm³/mol. The second-order valence-electron chi connectivity index (χ2n) is 9.16. The van der Waals surface area contributed by atoms with Gasteiger partial charge in [-0.1, -0.05) is 96.0 Å². The van der Waals surface area contributed by atoms with E-state index in [-0.39, 0.29) is 11.7 Å². The minimum Gasteiger partial charge on any atom is -0.347 e. The van der Waals surface area contributed by atoms with Crippen LogP contribution in [0.2, 0.25) is 0 Å². The molecule has 2 aromatic rings. The number of rotatable bonds is 12. The second kappa shape index (κ2) is 12.1. The predicted octanol–water partition coefficient (Wildman–Crippen LogP) is 7.48. The summed E-state index contributed by atoms with van der Waals surface area (Å²) in [6, 6.07) is 17.6. The molecule has 0 heterocycles. The van der Waals surface area contributed by atoms with Crippen molar-refractivity contribution in [3.05, 3.63) is 70.8 Å². The summed E-state index contributed by atoms with van der Waals surface area (Å²) in [5, 5.41) is 0. The van der Waals surface area contributed by atoms with Gasteiger partial charge in [-0.2, -0.15) is 0 Å². The minimum atomic E-state index is -0.248. The SMILES string of the molecule is CCCCc1ccc(COC(OCc2ccc(CCCC)cc2)C(C)(C)C)cc1. The molecule has 0 saturated carbocycles. The molecule has 0 atom stereocenters. The van der Waals surface area contributed by atoms with Gasteiger partial charge in [0.05, 0.1) is 13.2 Å². The van der Waals surface area contributed by atoms with Crippen LogP contribution in [0.25, 0.3) is 0 Å². The molecule has 0 aliphatic rings. The van der Waals surface area contributed by atoms with Crippen LogP contribution in [0.15, 0.2) is 48.5 Å². The Morgan fingerprint density at radius 3 is 1.28 bits per heavy atom. The molecule has 0 radical (unpaired) electrons. The lowest BCUT2D eigenvalue weighted by Crippen LogP contribution is -2.32. The van der Waals surface area contributed by atoms with E-state index in [4.69, 9.17) is 9.47 Å². The third-order valence-corrected chi connectivity index (χ3v) is 5.19. The summed E-state index contributed by atoms with van der Waals surface area (Å²) < 4.78 is 12.4. The lowest BCUT2D eigenvalue weighted by atomic mass is 9.96. The van der Waals surface area contributed by atoms with Crippen molar-refractivity contribution in [2.45, 2.75) is 92.6 Å². The van der Waals surface area contributed by atoms with Gasteiger partial charge in [-0.3, -0.25) is 0 Å². The van der Waals surface area contributed by atoms with Gasteiger partial charge in [0.25, 0.3) is 0 Å². The van der Waals surface area contributed by atoms with Gasteiger partial charge in [-0.25, -0.2) is 0 Å². The molecule has 0 bridgehead atoms. The normalized spacial score (nSPS) is 11.9. The second-order valence-corrected chi connectivity index (χ2v) is 9.16. The largest absolute Gasteiger partial charge is 0.347 e. The van der Waals surface area contributed by atoms with E-state index in [0.29, 0.717) is 13.2 Å². The molecule has 0 aliphatic heterocycles. The average molecular weight is 397 g/mol. The third-order valence-electron chi connectivity index (χ3n) is 5.19. The van der Waals surface area contributed by atoms with Crippen molar-refractivity contribution < 1.29 is 9.47 Å². The minimum absolute atomic E-state index is 0.0812. The summed E-state index contributed by atoms with van der Waals surface area (Å²) in [4.78, 5) is 0. The van der Waals surface area contributed by atoms with Crippen molar-refractivity contribution in [1.29, 1.82) is 0 Å². The Morgan fingerprint density at radius 1 is 0.621 bits per heavy atom. The van der Waals surface area contributed by atoms with Crippen molar-refractivity contribution in [3.8, 4) is 0 Å². The molecule has 0 aromatic heterocycles. The monoisotopic (exact) mass is 396 g/mol. The van der Waals surface area contributed by atoms with E-state index < -0.39 is 0 Å². The Morgan fingerprint density at radius 2 is 0.966 bits per heavy atom. The highest BCUT2D eigenvalue weighted by atomic mass is 16.7. The fourth-order valence-corrected chi connectivity index (χ4v) is 3.26. The van der Waals surface area contributed by atoms with Crippen LogP contribution in [-0.4, -0.2) is 6.29 Å². The summed E-state index contributed by atoms with van der Waals surface area (Å²) in [6.07, 6.45) is 7.02. The zero-order valence-corrected chi connectivity index (χ0v) is 19.2. The first-order valence-electron chi connectivity index (χ1n) is 11.3. The molecular weight excluding hydrogens is 356 g/mol. The number of aryl methyl sites for hydroxylation is 2. The van der Waals surface area contributed by atoms with Gasteiger partial charge < -0.3 is 9.47 Å². The van der Waals surface area contributed by atoms with Crippen molar-refractivity contribution in [3.63, 3.8) is 0 Å². The number of benzene rings is 2. The zero-order valence-electron chi connectivity index (χ0n) is 19.2. The van der Waals surface area contributed by atoms with Crippen molar-refractivity contribution in [1.82, 2.24) is 0 Å². The fraction of sp³-hybridized carbons (Fsp3) is 0.556. The molecule has 0 amide bonds. The Hall–Kier alpha value is -1.64. The Kier molecular flexibility index (Phi) is 9.90. The van der Waals surface area contributed by atoms with Crippen LogP contribution in [0.4, 0.5) is 0 Å². The lowest BCUT2D eigenvalue weighted by molar-refractivity contribution is -0.206. The van der Waals surface area contributed by atoms with Gasteiger partial charge in [-0.05, 0) is 47.9 Å². The topological polar surface area (TPSA) is 18.5 Å². The van der Waals surface area contributed by atoms with E-state index in [2.05, 4.69) is 83.1 Å². The standard InChI is InChI=1S/C27H40O2/c1-6-8-10-22-12-16-24(17-13-22)20-28-26(27(3,4)5)29-21-25-18-14-23(15-19-25)11-9-7-2/h12-19,26H,6-11,20-21H2,1-5H3. The van der Waals surface area contributed by atoms with Crippen LogP contribution < -0.4 is 0 Å². The van der Waals surface area contributed by atoms with Gasteiger partial charge in [0, 0.05) is 5.41 Å². The van der Waals surface area contributed by atoms with E-state index in [1.54, 1.807) is 0 Å². The van der Waals surface area contributed by atoms with Crippen LogP contribution in [0.3, 0.4) is 0 Å². The first-order chi connectivity index (χ1) is 13.9. The van der Waals surface area contributed by atoms with E-state index in [1.165, 1.54) is 47.9 Å². The first-order valence-corrected chi connectivity index (χ1v) is 11.3. The first kappa shape index (κ1) is 23.6. The lowest BCUT2D eigenvalue weighted by Gasteiger charge is -2.30. The molecule has 0 aliphatic carbocycles. The van der Waals surface area contributed by atoms with E-state index >= 15 is 0 Å². The van der Waals surface area contributed by atoms with Crippen LogP contribution in [-0.2, 0) is 35.5 Å². The Bertz CT molecular complexity index is 624. The van der Waals surface area contributed by atoms with Crippen LogP contribution in [0, 0.1) is 5.41 Å². The van der Waals surface area contributed by atoms with Crippen molar-refractivity contribution in [2.24, 2.45) is 5.41 Å². The Labute approximate surface area is 178 Å². The summed E-state index contributed by atoms with van der Waals surface area (Å²) in [5.41, 5.74) is 5.12. The van der Waals surface area contributed by atoms with Crippen molar-refractivity contribution in [2.75, 3.05) is 0 Å². The highest BCUT2D eigenvalue weighted by molar-refractivity contribution is 5.23. The Balaban J connectivity index is 1.87. The molecule has 2 rings (SSSR count). The molecule has 2 aromatic carbocycles. The number of hydrogen-bond donors (Lipinski definition) is 0. The third kappa shape index (κ3) is 8.72. The summed E-state index contributed by atoms with van der Waals surface area (Å²) in [5.74, 6) is 0. The number of ether oxygens (including phenoxy) is 2. The van der Waals surface area contributed by atoms with Crippen LogP contribution in [0.5, 0.6) is 0 Å². The van der Waals surface area contributed by atoms with Gasteiger partial charge in [-0.15, -0.1) is 0 Å². The summed E-state index contributed by atoms with van der Waals surface area (Å²) in [7, 11) is 0. The maximum Gasteiger partial charge on any atom is 0.163 e.